The molecule has 1 fully saturated rings. The molecule has 100 valence electrons. The molecule has 19 heavy (non-hydrogen) atoms. The number of nitrogens with zero attached hydrogens (tertiary/aromatic N) is 2. The SMILES string of the molecule is CC(C)n1c(C2CCC2)nc2ccc(C(=O)O)cc21. The van der Waals surface area contributed by atoms with E-state index in [1.165, 1.54) is 19.3 Å². The molecule has 1 aliphatic carbocycles. The van der Waals surface area contributed by atoms with Crippen molar-refractivity contribution >= 4 is 17.0 Å². The number of aromatic nitrogens is 2. The molecular formula is C15H18N2O2. The van der Waals surface area contributed by atoms with Crippen LogP contribution in [0.4, 0.5) is 0 Å². The molecule has 0 saturated heterocycles. The second-order valence-corrected chi connectivity index (χ2v) is 5.57. The lowest BCUT2D eigenvalue weighted by atomic mass is 9.84. The highest BCUT2D eigenvalue weighted by Gasteiger charge is 2.26. The van der Waals surface area contributed by atoms with Crippen molar-refractivity contribution in [2.45, 2.75) is 45.1 Å². The largest absolute Gasteiger partial charge is 0.478 e. The molecule has 4 heteroatoms. The second-order valence-electron chi connectivity index (χ2n) is 5.57. The molecule has 1 heterocycles. The van der Waals surface area contributed by atoms with E-state index in [4.69, 9.17) is 10.1 Å². The monoisotopic (exact) mass is 258 g/mol. The van der Waals surface area contributed by atoms with Gasteiger partial charge in [-0.2, -0.15) is 0 Å². The van der Waals surface area contributed by atoms with Gasteiger partial charge in [-0.15, -0.1) is 0 Å². The fourth-order valence-corrected chi connectivity index (χ4v) is 2.74. The van der Waals surface area contributed by atoms with Crippen LogP contribution >= 0.6 is 0 Å². The molecule has 4 nitrogen and oxygen atoms in total. The van der Waals surface area contributed by atoms with Gasteiger partial charge in [0, 0.05) is 12.0 Å². The van der Waals surface area contributed by atoms with E-state index in [1.54, 1.807) is 12.1 Å². The standard InChI is InChI=1S/C15H18N2O2/c1-9(2)17-13-8-11(15(18)19)6-7-12(13)16-14(17)10-4-3-5-10/h6-10H,3-5H2,1-2H3,(H,18,19). The first-order valence-corrected chi connectivity index (χ1v) is 6.83. The predicted molar refractivity (Wildman–Crippen MR) is 73.7 cm³/mol. The van der Waals surface area contributed by atoms with E-state index in [2.05, 4.69) is 18.4 Å². The minimum atomic E-state index is -0.886. The first-order chi connectivity index (χ1) is 9.08. The number of aromatic carboxylic acids is 1. The lowest BCUT2D eigenvalue weighted by Crippen LogP contribution is -2.16. The van der Waals surface area contributed by atoms with Gasteiger partial charge in [-0.3, -0.25) is 0 Å². The van der Waals surface area contributed by atoms with Gasteiger partial charge >= 0.3 is 5.97 Å². The summed E-state index contributed by atoms with van der Waals surface area (Å²) in [6, 6.07) is 5.49. The maximum Gasteiger partial charge on any atom is 0.335 e. The van der Waals surface area contributed by atoms with Gasteiger partial charge in [-0.25, -0.2) is 9.78 Å². The normalized spacial score (nSPS) is 15.9. The third kappa shape index (κ3) is 1.91. The first kappa shape index (κ1) is 12.2. The zero-order chi connectivity index (χ0) is 13.6. The molecule has 0 aliphatic heterocycles. The molecule has 0 amide bonds. The van der Waals surface area contributed by atoms with Crippen LogP contribution in [0.5, 0.6) is 0 Å². The third-order valence-corrected chi connectivity index (χ3v) is 3.95. The number of imidazole rings is 1. The fourth-order valence-electron chi connectivity index (χ4n) is 2.74. The molecule has 1 saturated carbocycles. The number of rotatable bonds is 3. The van der Waals surface area contributed by atoms with Crippen LogP contribution in [0, 0.1) is 0 Å². The van der Waals surface area contributed by atoms with Crippen LogP contribution in [0.3, 0.4) is 0 Å². The summed E-state index contributed by atoms with van der Waals surface area (Å²) >= 11 is 0. The minimum absolute atomic E-state index is 0.296. The molecule has 0 unspecified atom stereocenters. The number of benzene rings is 1. The summed E-state index contributed by atoms with van der Waals surface area (Å²) in [5, 5.41) is 9.12. The molecule has 0 bridgehead atoms. The highest BCUT2D eigenvalue weighted by atomic mass is 16.4. The van der Waals surface area contributed by atoms with Crippen molar-refractivity contribution in [3.63, 3.8) is 0 Å². The molecule has 1 aliphatic rings. The summed E-state index contributed by atoms with van der Waals surface area (Å²) in [6.45, 7) is 4.24. The van der Waals surface area contributed by atoms with Gasteiger partial charge in [0.05, 0.1) is 16.6 Å². The Morgan fingerprint density at radius 3 is 2.68 bits per heavy atom. The summed E-state index contributed by atoms with van der Waals surface area (Å²) in [5.74, 6) is 0.783. The average molecular weight is 258 g/mol. The van der Waals surface area contributed by atoms with Crippen molar-refractivity contribution in [3.8, 4) is 0 Å². The van der Waals surface area contributed by atoms with Gasteiger partial charge in [0.2, 0.25) is 0 Å². The zero-order valence-corrected chi connectivity index (χ0v) is 11.3. The quantitative estimate of drug-likeness (QED) is 0.915. The van der Waals surface area contributed by atoms with E-state index in [0.717, 1.165) is 16.9 Å². The van der Waals surface area contributed by atoms with Crippen molar-refractivity contribution in [2.24, 2.45) is 0 Å². The second kappa shape index (κ2) is 4.37. The van der Waals surface area contributed by atoms with Gasteiger partial charge in [0.25, 0.3) is 0 Å². The highest BCUT2D eigenvalue weighted by Crippen LogP contribution is 2.38. The van der Waals surface area contributed by atoms with Crippen LogP contribution < -0.4 is 0 Å². The summed E-state index contributed by atoms with van der Waals surface area (Å²) < 4.78 is 2.20. The molecule has 3 rings (SSSR count). The summed E-state index contributed by atoms with van der Waals surface area (Å²) in [4.78, 5) is 15.8. The van der Waals surface area contributed by atoms with E-state index in [9.17, 15) is 4.79 Å². The van der Waals surface area contributed by atoms with Crippen LogP contribution in [0.1, 0.15) is 61.3 Å². The van der Waals surface area contributed by atoms with Crippen molar-refractivity contribution in [2.75, 3.05) is 0 Å². The summed E-state index contributed by atoms with van der Waals surface area (Å²) in [5.41, 5.74) is 2.17. The van der Waals surface area contributed by atoms with E-state index >= 15 is 0 Å². The lowest BCUT2D eigenvalue weighted by molar-refractivity contribution is 0.0697. The molecule has 0 radical (unpaired) electrons. The number of carbonyl (C=O) groups is 1. The van der Waals surface area contributed by atoms with E-state index in [1.807, 2.05) is 6.07 Å². The van der Waals surface area contributed by atoms with Crippen molar-refractivity contribution in [1.82, 2.24) is 9.55 Å². The zero-order valence-electron chi connectivity index (χ0n) is 11.3. The van der Waals surface area contributed by atoms with Crippen LogP contribution in [-0.4, -0.2) is 20.6 Å². The molecular weight excluding hydrogens is 240 g/mol. The van der Waals surface area contributed by atoms with Gasteiger partial charge in [0.1, 0.15) is 5.82 Å². The van der Waals surface area contributed by atoms with Crippen molar-refractivity contribution in [3.05, 3.63) is 29.6 Å². The van der Waals surface area contributed by atoms with Crippen LogP contribution in [-0.2, 0) is 0 Å². The molecule has 2 aromatic rings. The van der Waals surface area contributed by atoms with Gasteiger partial charge in [-0.1, -0.05) is 6.42 Å². The Morgan fingerprint density at radius 1 is 1.42 bits per heavy atom. The third-order valence-electron chi connectivity index (χ3n) is 3.95. The Kier molecular flexibility index (Phi) is 2.81. The van der Waals surface area contributed by atoms with Gasteiger partial charge in [-0.05, 0) is 44.9 Å². The van der Waals surface area contributed by atoms with Crippen LogP contribution in [0.15, 0.2) is 18.2 Å². The van der Waals surface area contributed by atoms with Gasteiger partial charge < -0.3 is 9.67 Å². The average Bonchev–Trinajstić information content (AvgIpc) is 2.63. The predicted octanol–water partition coefficient (Wildman–Crippen LogP) is 3.58. The topological polar surface area (TPSA) is 55.1 Å². The lowest BCUT2D eigenvalue weighted by Gasteiger charge is -2.27. The number of fused-ring (bicyclic) bond motifs is 1. The van der Waals surface area contributed by atoms with Gasteiger partial charge in [0.15, 0.2) is 0 Å². The molecule has 1 aromatic heterocycles. The van der Waals surface area contributed by atoms with E-state index in [0.29, 0.717) is 17.5 Å². The number of carboxylic acid groups (broad SMARTS) is 1. The number of carboxylic acids is 1. The molecule has 1 aromatic carbocycles. The van der Waals surface area contributed by atoms with Crippen LogP contribution in [0.2, 0.25) is 0 Å². The van der Waals surface area contributed by atoms with Crippen molar-refractivity contribution in [1.29, 1.82) is 0 Å². The van der Waals surface area contributed by atoms with Crippen LogP contribution in [0.25, 0.3) is 11.0 Å². The van der Waals surface area contributed by atoms with E-state index in [-0.39, 0.29) is 0 Å². The first-order valence-electron chi connectivity index (χ1n) is 6.83. The maximum absolute atomic E-state index is 11.1. The Balaban J connectivity index is 2.21. The number of hydrogen-bond acceptors (Lipinski definition) is 2. The Morgan fingerprint density at radius 2 is 2.16 bits per heavy atom. The molecule has 1 N–H and O–H groups in total. The Bertz CT molecular complexity index is 639. The Hall–Kier alpha value is -1.84. The molecule has 0 atom stereocenters. The molecule has 0 spiro atoms. The highest BCUT2D eigenvalue weighted by molar-refractivity contribution is 5.92. The summed E-state index contributed by atoms with van der Waals surface area (Å²) in [6.07, 6.45) is 3.66. The minimum Gasteiger partial charge on any atom is -0.478 e. The number of hydrogen-bond donors (Lipinski definition) is 1. The maximum atomic E-state index is 11.1. The fraction of sp³-hybridized carbons (Fsp3) is 0.467. The smallest absolute Gasteiger partial charge is 0.335 e. The van der Waals surface area contributed by atoms with E-state index < -0.39 is 5.97 Å². The van der Waals surface area contributed by atoms with Crippen molar-refractivity contribution < 1.29 is 9.90 Å². The Labute approximate surface area is 112 Å². The summed E-state index contributed by atoms with van der Waals surface area (Å²) in [7, 11) is 0.